The fourth-order valence-corrected chi connectivity index (χ4v) is 1.77. The van der Waals surface area contributed by atoms with Crippen LogP contribution < -0.4 is 0 Å². The molecular weight excluding hydrogens is 264 g/mol. The maximum Gasteiger partial charge on any atom is 0.307 e. The van der Waals surface area contributed by atoms with E-state index in [2.05, 4.69) is 10.1 Å². The average Bonchev–Trinajstić information content (AvgIpc) is 3.11. The molecule has 20 heavy (non-hydrogen) atoms. The smallest absolute Gasteiger partial charge is 0.307 e. The Morgan fingerprint density at radius 1 is 1.50 bits per heavy atom. The number of nitro groups is 1. The van der Waals surface area contributed by atoms with Crippen LogP contribution in [0.3, 0.4) is 0 Å². The molecule has 102 valence electrons. The summed E-state index contributed by atoms with van der Waals surface area (Å²) in [5.41, 5.74) is 0.590. The number of furan rings is 1. The normalized spacial score (nSPS) is 10.8. The summed E-state index contributed by atoms with van der Waals surface area (Å²) in [5.74, 6) is 1.53. The number of aryl methyl sites for hydroxylation is 1. The Kier molecular flexibility index (Phi) is 2.82. The summed E-state index contributed by atoms with van der Waals surface area (Å²) in [5, 5.41) is 14.5. The van der Waals surface area contributed by atoms with Crippen LogP contribution in [-0.4, -0.2) is 19.7 Å². The number of rotatable bonds is 4. The molecule has 0 aliphatic heterocycles. The average molecular weight is 274 g/mol. The first-order valence-electron chi connectivity index (χ1n) is 5.80. The van der Waals surface area contributed by atoms with Gasteiger partial charge in [-0.3, -0.25) is 14.8 Å². The molecule has 0 amide bonds. The molecule has 0 aromatic carbocycles. The zero-order chi connectivity index (χ0) is 14.1. The Balaban J connectivity index is 1.85. The van der Waals surface area contributed by atoms with Crippen LogP contribution in [0, 0.1) is 17.0 Å². The summed E-state index contributed by atoms with van der Waals surface area (Å²) < 4.78 is 12.2. The monoisotopic (exact) mass is 274 g/mol. The highest BCUT2D eigenvalue weighted by atomic mass is 16.6. The van der Waals surface area contributed by atoms with Gasteiger partial charge >= 0.3 is 5.69 Å². The molecule has 0 fully saturated rings. The maximum absolute atomic E-state index is 10.6. The van der Waals surface area contributed by atoms with Crippen molar-refractivity contribution < 1.29 is 13.8 Å². The topological polar surface area (TPSA) is 100 Å². The van der Waals surface area contributed by atoms with Gasteiger partial charge in [0.25, 0.3) is 5.89 Å². The molecule has 3 aromatic heterocycles. The molecule has 3 heterocycles. The summed E-state index contributed by atoms with van der Waals surface area (Å²) in [7, 11) is 0. The van der Waals surface area contributed by atoms with Crippen molar-refractivity contribution in [1.29, 1.82) is 0 Å². The molecule has 0 N–H and O–H groups in total. The van der Waals surface area contributed by atoms with Crippen molar-refractivity contribution in [3.63, 3.8) is 0 Å². The maximum atomic E-state index is 10.6. The van der Waals surface area contributed by atoms with Gasteiger partial charge in [-0.25, -0.2) is 4.98 Å². The molecule has 0 radical (unpaired) electrons. The molecule has 3 rings (SSSR count). The Morgan fingerprint density at radius 2 is 2.35 bits per heavy atom. The minimum atomic E-state index is -0.493. The predicted molar refractivity (Wildman–Crippen MR) is 66.9 cm³/mol. The van der Waals surface area contributed by atoms with Gasteiger partial charge < -0.3 is 8.83 Å². The van der Waals surface area contributed by atoms with E-state index in [1.807, 2.05) is 0 Å². The van der Waals surface area contributed by atoms with Crippen LogP contribution in [0.5, 0.6) is 0 Å². The number of hydrogen-bond acceptors (Lipinski definition) is 6. The zero-order valence-electron chi connectivity index (χ0n) is 10.5. The summed E-state index contributed by atoms with van der Waals surface area (Å²) in [6, 6.07) is 3.49. The second-order valence-corrected chi connectivity index (χ2v) is 4.15. The van der Waals surface area contributed by atoms with Gasteiger partial charge in [0.15, 0.2) is 5.76 Å². The zero-order valence-corrected chi connectivity index (χ0v) is 10.5. The minimum absolute atomic E-state index is 0.0580. The second-order valence-electron chi connectivity index (χ2n) is 4.15. The van der Waals surface area contributed by atoms with E-state index in [1.54, 1.807) is 19.1 Å². The molecule has 0 aliphatic rings. The third kappa shape index (κ3) is 2.18. The van der Waals surface area contributed by atoms with E-state index in [-0.39, 0.29) is 5.69 Å². The van der Waals surface area contributed by atoms with Crippen molar-refractivity contribution in [3.05, 3.63) is 52.4 Å². The predicted octanol–water partition coefficient (Wildman–Crippen LogP) is 2.40. The molecular formula is C12H10N4O4. The highest BCUT2D eigenvalue weighted by molar-refractivity contribution is 5.44. The molecule has 0 bridgehead atoms. The van der Waals surface area contributed by atoms with Gasteiger partial charge in [0.2, 0.25) is 0 Å². The summed E-state index contributed by atoms with van der Waals surface area (Å²) in [4.78, 5) is 14.4. The Hall–Kier alpha value is -2.90. The van der Waals surface area contributed by atoms with Gasteiger partial charge in [-0.1, -0.05) is 0 Å². The lowest BCUT2D eigenvalue weighted by Gasteiger charge is -1.96. The number of oxazole rings is 1. The molecule has 8 heteroatoms. The molecule has 0 aliphatic carbocycles. The first kappa shape index (κ1) is 12.2. The molecule has 0 saturated heterocycles. The van der Waals surface area contributed by atoms with E-state index < -0.39 is 4.92 Å². The van der Waals surface area contributed by atoms with Gasteiger partial charge in [-0.15, -0.1) is 0 Å². The van der Waals surface area contributed by atoms with E-state index in [0.29, 0.717) is 29.6 Å². The first-order valence-corrected chi connectivity index (χ1v) is 5.80. The highest BCUT2D eigenvalue weighted by Crippen LogP contribution is 2.22. The van der Waals surface area contributed by atoms with Crippen LogP contribution in [0.1, 0.15) is 11.5 Å². The SMILES string of the molecule is Cc1oc(-c2ccco2)nc1Cn1cc([N+](=O)[O-])cn1. The van der Waals surface area contributed by atoms with Gasteiger partial charge in [-0.2, -0.15) is 5.10 Å². The fraction of sp³-hybridized carbons (Fsp3) is 0.167. The number of aromatic nitrogens is 3. The third-order valence-corrected chi connectivity index (χ3v) is 2.77. The van der Waals surface area contributed by atoms with Crippen molar-refractivity contribution in [2.45, 2.75) is 13.5 Å². The third-order valence-electron chi connectivity index (χ3n) is 2.77. The van der Waals surface area contributed by atoms with Gasteiger partial charge in [0.05, 0.1) is 17.7 Å². The number of hydrogen-bond donors (Lipinski definition) is 0. The Bertz CT molecular complexity index is 741. The summed E-state index contributed by atoms with van der Waals surface area (Å²) >= 11 is 0. The molecule has 0 saturated carbocycles. The van der Waals surface area contributed by atoms with Gasteiger partial charge in [0.1, 0.15) is 23.8 Å². The van der Waals surface area contributed by atoms with Gasteiger partial charge in [0, 0.05) is 0 Å². The quantitative estimate of drug-likeness (QED) is 0.535. The summed E-state index contributed by atoms with van der Waals surface area (Å²) in [6.07, 6.45) is 4.08. The Labute approximate surface area is 112 Å². The molecule has 8 nitrogen and oxygen atoms in total. The van der Waals surface area contributed by atoms with Crippen molar-refractivity contribution in [1.82, 2.24) is 14.8 Å². The van der Waals surface area contributed by atoms with Crippen LogP contribution in [-0.2, 0) is 6.54 Å². The minimum Gasteiger partial charge on any atom is -0.459 e. The van der Waals surface area contributed by atoms with E-state index in [9.17, 15) is 10.1 Å². The number of nitrogens with zero attached hydrogens (tertiary/aromatic N) is 4. The van der Waals surface area contributed by atoms with Crippen LogP contribution in [0.15, 0.2) is 39.6 Å². The van der Waals surface area contributed by atoms with E-state index in [0.717, 1.165) is 0 Å². The highest BCUT2D eigenvalue weighted by Gasteiger charge is 2.15. The Morgan fingerprint density at radius 3 is 3.00 bits per heavy atom. The molecule has 0 atom stereocenters. The van der Waals surface area contributed by atoms with Crippen molar-refractivity contribution in [2.75, 3.05) is 0 Å². The van der Waals surface area contributed by atoms with Gasteiger partial charge in [-0.05, 0) is 19.1 Å². The fourth-order valence-electron chi connectivity index (χ4n) is 1.77. The lowest BCUT2D eigenvalue weighted by atomic mass is 10.3. The van der Waals surface area contributed by atoms with Crippen molar-refractivity contribution in [3.8, 4) is 11.7 Å². The molecule has 3 aromatic rings. The van der Waals surface area contributed by atoms with E-state index >= 15 is 0 Å². The molecule has 0 unspecified atom stereocenters. The lowest BCUT2D eigenvalue weighted by Crippen LogP contribution is -2.01. The first-order chi connectivity index (χ1) is 9.63. The van der Waals surface area contributed by atoms with Crippen LogP contribution in [0.4, 0.5) is 5.69 Å². The lowest BCUT2D eigenvalue weighted by molar-refractivity contribution is -0.385. The van der Waals surface area contributed by atoms with E-state index in [4.69, 9.17) is 8.83 Å². The second kappa shape index (κ2) is 4.65. The van der Waals surface area contributed by atoms with Crippen LogP contribution in [0.2, 0.25) is 0 Å². The van der Waals surface area contributed by atoms with Crippen LogP contribution in [0.25, 0.3) is 11.7 Å². The summed E-state index contributed by atoms with van der Waals surface area (Å²) in [6.45, 7) is 2.07. The largest absolute Gasteiger partial charge is 0.459 e. The molecule has 0 spiro atoms. The van der Waals surface area contributed by atoms with Crippen molar-refractivity contribution in [2.24, 2.45) is 0 Å². The van der Waals surface area contributed by atoms with Crippen LogP contribution >= 0.6 is 0 Å². The van der Waals surface area contributed by atoms with Crippen molar-refractivity contribution >= 4 is 5.69 Å². The standard InChI is InChI=1S/C12H10N4O4/c1-8-10(7-15-6-9(5-13-15)16(17)18)14-12(20-8)11-3-2-4-19-11/h2-6H,7H2,1H3. The van der Waals surface area contributed by atoms with E-state index in [1.165, 1.54) is 23.3 Å².